The van der Waals surface area contributed by atoms with Crippen LogP contribution < -0.4 is 4.68 Å². The van der Waals surface area contributed by atoms with Crippen LogP contribution in [-0.4, -0.2) is 22.4 Å². The molecular formula is C13H10BF4N7. The zero-order valence-electron chi connectivity index (χ0n) is 12.5. The summed E-state index contributed by atoms with van der Waals surface area (Å²) in [6.07, 6.45) is 0. The van der Waals surface area contributed by atoms with Gasteiger partial charge < -0.3 is 17.3 Å². The molecule has 0 atom stereocenters. The van der Waals surface area contributed by atoms with Crippen molar-refractivity contribution in [2.75, 3.05) is 0 Å². The second-order valence-electron chi connectivity index (χ2n) is 4.45. The second kappa shape index (κ2) is 7.93. The van der Waals surface area contributed by atoms with Crippen LogP contribution >= 0.6 is 0 Å². The Kier molecular flexibility index (Phi) is 5.69. The lowest BCUT2D eigenvalue weighted by molar-refractivity contribution is -0.649. The maximum atomic E-state index is 9.75. The summed E-state index contributed by atoms with van der Waals surface area (Å²) in [5.41, 5.74) is 10.2. The van der Waals surface area contributed by atoms with Gasteiger partial charge in [-0.05, 0) is 29.1 Å². The molecule has 0 saturated carbocycles. The largest absolute Gasteiger partial charge is 0.673 e. The molecule has 7 nitrogen and oxygen atoms in total. The Hall–Kier alpha value is -3.40. The second-order valence-corrected chi connectivity index (χ2v) is 4.45. The van der Waals surface area contributed by atoms with Crippen LogP contribution in [0.15, 0.2) is 65.8 Å². The Morgan fingerprint density at radius 1 is 0.960 bits per heavy atom. The third-order valence-corrected chi connectivity index (χ3v) is 2.67. The number of benzene rings is 2. The highest BCUT2D eigenvalue weighted by atomic mass is 19.5. The molecule has 128 valence electrons. The lowest BCUT2D eigenvalue weighted by Gasteiger charge is -1.94. The number of aromatic nitrogens is 4. The molecule has 0 aliphatic heterocycles. The van der Waals surface area contributed by atoms with Crippen molar-refractivity contribution in [3.05, 3.63) is 71.1 Å². The molecule has 0 N–H and O–H groups in total. The minimum Gasteiger partial charge on any atom is -0.418 e. The summed E-state index contributed by atoms with van der Waals surface area (Å²) >= 11 is 0. The zero-order chi connectivity index (χ0) is 18.3. The van der Waals surface area contributed by atoms with Crippen molar-refractivity contribution in [1.29, 1.82) is 0 Å². The van der Waals surface area contributed by atoms with Gasteiger partial charge in [0.05, 0.1) is 5.10 Å². The quantitative estimate of drug-likeness (QED) is 0.180. The van der Waals surface area contributed by atoms with E-state index >= 15 is 0 Å². The third-order valence-electron chi connectivity index (χ3n) is 2.67. The van der Waals surface area contributed by atoms with Gasteiger partial charge in [-0.25, -0.2) is 0 Å². The molecule has 0 radical (unpaired) electrons. The maximum Gasteiger partial charge on any atom is 0.673 e. The minimum absolute atomic E-state index is 0.183. The number of para-hydroxylation sites is 2. The van der Waals surface area contributed by atoms with Crippen molar-refractivity contribution < 1.29 is 21.9 Å². The first-order chi connectivity index (χ1) is 11.9. The molecule has 25 heavy (non-hydrogen) atoms. The summed E-state index contributed by atoms with van der Waals surface area (Å²) in [4.78, 5) is 4.22. The molecule has 0 aliphatic carbocycles. The molecule has 0 aliphatic rings. The number of hydrogen-bond donors (Lipinski definition) is 0. The molecule has 0 unspecified atom stereocenters. The van der Waals surface area contributed by atoms with Gasteiger partial charge in [-0.1, -0.05) is 41.1 Å². The van der Waals surface area contributed by atoms with Crippen LogP contribution in [-0.2, 0) is 0 Å². The van der Waals surface area contributed by atoms with E-state index in [1.165, 1.54) is 9.48 Å². The van der Waals surface area contributed by atoms with E-state index in [0.29, 0.717) is 0 Å². The first-order valence-electron chi connectivity index (χ1n) is 6.81. The van der Waals surface area contributed by atoms with Crippen LogP contribution in [0.25, 0.3) is 21.8 Å². The fourth-order valence-electron chi connectivity index (χ4n) is 1.78. The lowest BCUT2D eigenvalue weighted by atomic mass is 10.3. The Morgan fingerprint density at radius 3 is 2.00 bits per heavy atom. The predicted molar refractivity (Wildman–Crippen MR) is 81.9 cm³/mol. The van der Waals surface area contributed by atoms with E-state index in [9.17, 15) is 17.3 Å². The molecule has 0 bridgehead atoms. The number of rotatable bonds is 3. The van der Waals surface area contributed by atoms with Gasteiger partial charge in [0.15, 0.2) is 4.91 Å². The summed E-state index contributed by atoms with van der Waals surface area (Å²) in [6, 6.07) is 18.8. The van der Waals surface area contributed by atoms with Crippen LogP contribution in [0.5, 0.6) is 0 Å². The highest BCUT2D eigenvalue weighted by Crippen LogP contribution is 2.09. The van der Waals surface area contributed by atoms with Gasteiger partial charge in [-0.3, -0.25) is 0 Å². The fourth-order valence-corrected chi connectivity index (χ4v) is 1.78. The van der Waals surface area contributed by atoms with E-state index in [1.54, 1.807) is 0 Å². The zero-order valence-corrected chi connectivity index (χ0v) is 12.5. The van der Waals surface area contributed by atoms with Gasteiger partial charge in [0.1, 0.15) is 11.4 Å². The van der Waals surface area contributed by atoms with Gasteiger partial charge in [-0.2, -0.15) is 0 Å². The van der Waals surface area contributed by atoms with Crippen molar-refractivity contribution in [2.45, 2.75) is 0 Å². The highest BCUT2D eigenvalue weighted by Gasteiger charge is 2.25. The van der Waals surface area contributed by atoms with Crippen LogP contribution in [0.4, 0.5) is 23.2 Å². The monoisotopic (exact) mass is 351 g/mol. The number of tetrazole rings is 1. The molecule has 3 aromatic rings. The smallest absolute Gasteiger partial charge is 0.418 e. The van der Waals surface area contributed by atoms with Gasteiger partial charge >= 0.3 is 18.3 Å². The Bertz CT molecular complexity index is 855. The number of nitrogens with zero attached hydrogens (tertiary/aromatic N) is 7. The summed E-state index contributed by atoms with van der Waals surface area (Å²) in [7, 11) is -6.00. The molecular weight excluding hydrogens is 341 g/mol. The molecule has 0 fully saturated rings. The molecule has 0 spiro atoms. The van der Waals surface area contributed by atoms with Crippen molar-refractivity contribution in [1.82, 2.24) is 15.1 Å². The van der Waals surface area contributed by atoms with E-state index in [2.05, 4.69) is 20.3 Å². The highest BCUT2D eigenvalue weighted by molar-refractivity contribution is 6.50. The van der Waals surface area contributed by atoms with Crippen molar-refractivity contribution in [3.8, 4) is 11.4 Å². The van der Waals surface area contributed by atoms with Gasteiger partial charge in [0.25, 0.3) is 0 Å². The van der Waals surface area contributed by atoms with E-state index in [-0.39, 0.29) is 5.95 Å². The topological polar surface area (TPSA) is 83.4 Å². The fraction of sp³-hybridized carbons (Fsp3) is 0. The van der Waals surface area contributed by atoms with Gasteiger partial charge in [-0.15, -0.1) is 0 Å². The lowest BCUT2D eigenvalue weighted by Crippen LogP contribution is -2.33. The Morgan fingerprint density at radius 2 is 1.48 bits per heavy atom. The molecule has 1 heterocycles. The Balaban J connectivity index is 0.000000399. The van der Waals surface area contributed by atoms with Gasteiger partial charge in [0, 0.05) is 10.7 Å². The van der Waals surface area contributed by atoms with Crippen molar-refractivity contribution in [3.63, 3.8) is 0 Å². The average Bonchev–Trinajstić information content (AvgIpc) is 2.99. The first-order valence-corrected chi connectivity index (χ1v) is 6.81. The van der Waals surface area contributed by atoms with Crippen LogP contribution in [0, 0.1) is 0 Å². The summed E-state index contributed by atoms with van der Waals surface area (Å²) in [5, 5.41) is 12.1. The molecule has 3 rings (SSSR count). The predicted octanol–water partition coefficient (Wildman–Crippen LogP) is 3.79. The number of azide groups is 1. The normalized spacial score (nSPS) is 10.4. The Labute approximate surface area is 138 Å². The summed E-state index contributed by atoms with van der Waals surface area (Å²) < 4.78 is 40.5. The van der Waals surface area contributed by atoms with E-state index in [1.807, 2.05) is 60.7 Å². The molecule has 1 aromatic heterocycles. The van der Waals surface area contributed by atoms with Crippen LogP contribution in [0.3, 0.4) is 0 Å². The van der Waals surface area contributed by atoms with Gasteiger partial charge in [0.2, 0.25) is 0 Å². The summed E-state index contributed by atoms with van der Waals surface area (Å²) in [6.45, 7) is 0. The average molecular weight is 351 g/mol. The molecule has 2 aromatic carbocycles. The van der Waals surface area contributed by atoms with E-state index in [4.69, 9.17) is 5.53 Å². The van der Waals surface area contributed by atoms with Crippen LogP contribution in [0.1, 0.15) is 0 Å². The van der Waals surface area contributed by atoms with E-state index < -0.39 is 7.25 Å². The molecule has 12 heteroatoms. The standard InChI is InChI=1S/C13H10N7.BF4/c14-17-15-13-16-20(12-9-5-2-6-10-12)18-19(13)11-7-3-1-4-8-11;2-1(3,4)5/h1-10H;/q+1;-1. The van der Waals surface area contributed by atoms with E-state index in [0.717, 1.165) is 11.4 Å². The maximum absolute atomic E-state index is 9.75. The molecule has 0 saturated heterocycles. The van der Waals surface area contributed by atoms with Crippen molar-refractivity contribution >= 4 is 13.2 Å². The third kappa shape index (κ3) is 5.63. The number of halogens is 4. The summed E-state index contributed by atoms with van der Waals surface area (Å²) in [5.74, 6) is 0.183. The van der Waals surface area contributed by atoms with Crippen molar-refractivity contribution in [2.24, 2.45) is 5.11 Å². The molecule has 0 amide bonds. The van der Waals surface area contributed by atoms with Crippen LogP contribution in [0.2, 0.25) is 0 Å². The number of hydrogen-bond acceptors (Lipinski definition) is 3. The SMILES string of the molecule is F[B-](F)(F)F.[N-]=[N+]=Nc1nn(-c2ccccc2)n[n+]1-c1ccccc1. The minimum atomic E-state index is -6.00. The first kappa shape index (κ1) is 18.0.